The predicted octanol–water partition coefficient (Wildman–Crippen LogP) is 3.98. The van der Waals surface area contributed by atoms with E-state index in [9.17, 15) is 4.79 Å². The summed E-state index contributed by atoms with van der Waals surface area (Å²) < 4.78 is 0. The number of aromatic nitrogens is 1. The van der Waals surface area contributed by atoms with E-state index < -0.39 is 0 Å². The van der Waals surface area contributed by atoms with E-state index >= 15 is 0 Å². The molecule has 0 saturated heterocycles. The van der Waals surface area contributed by atoms with Crippen LogP contribution in [0.4, 0.5) is 11.4 Å². The molecule has 0 N–H and O–H groups in total. The van der Waals surface area contributed by atoms with Gasteiger partial charge in [0.2, 0.25) is 6.41 Å². The minimum absolute atomic E-state index is 0.709. The molecule has 0 saturated carbocycles. The molecule has 0 aliphatic carbocycles. The highest BCUT2D eigenvalue weighted by Gasteiger charge is 2.14. The molecule has 5 nitrogen and oxygen atoms in total. The van der Waals surface area contributed by atoms with E-state index in [1.54, 1.807) is 22.6 Å². The average molecular weight is 332 g/mol. The molecule has 0 radical (unpaired) electrons. The average Bonchev–Trinajstić information content (AvgIpc) is 2.86. The van der Waals surface area contributed by atoms with Gasteiger partial charge in [0, 0.05) is 31.7 Å². The maximum absolute atomic E-state index is 11.2. The highest BCUT2D eigenvalue weighted by Crippen LogP contribution is 2.41. The van der Waals surface area contributed by atoms with Crippen molar-refractivity contribution in [1.82, 2.24) is 9.88 Å². The lowest BCUT2D eigenvalue weighted by Crippen LogP contribution is -2.21. The number of rotatable bonds is 8. The summed E-state index contributed by atoms with van der Waals surface area (Å²) in [5.74, 6) is 0. The number of fused-ring (bicyclic) bond motifs is 1. The van der Waals surface area contributed by atoms with Crippen LogP contribution in [-0.2, 0) is 4.79 Å². The van der Waals surface area contributed by atoms with Crippen molar-refractivity contribution < 1.29 is 4.79 Å². The number of amides is 1. The van der Waals surface area contributed by atoms with Crippen LogP contribution >= 0.6 is 11.3 Å². The Morgan fingerprint density at radius 3 is 2.78 bits per heavy atom. The minimum Gasteiger partial charge on any atom is -0.377 e. The Morgan fingerprint density at radius 2 is 2.13 bits per heavy atom. The molecule has 2 aromatic heterocycles. The molecule has 0 atom stereocenters. The van der Waals surface area contributed by atoms with Gasteiger partial charge in [0.15, 0.2) is 0 Å². The Labute approximate surface area is 141 Å². The number of anilines is 1. The SMILES string of the molecule is CCCCCN(C=O)C=Nc1c(C)sc2nccc(N(C)C)c12. The zero-order chi connectivity index (χ0) is 16.8. The lowest BCUT2D eigenvalue weighted by molar-refractivity contribution is -0.114. The first-order valence-electron chi connectivity index (χ1n) is 7.89. The number of unbranched alkanes of at least 4 members (excludes halogenated alkanes) is 2. The van der Waals surface area contributed by atoms with Gasteiger partial charge >= 0.3 is 0 Å². The summed E-state index contributed by atoms with van der Waals surface area (Å²) in [4.78, 5) is 26.0. The van der Waals surface area contributed by atoms with Gasteiger partial charge in [-0.25, -0.2) is 9.98 Å². The van der Waals surface area contributed by atoms with Crippen LogP contribution < -0.4 is 4.90 Å². The van der Waals surface area contributed by atoms with Crippen LogP contribution in [0.2, 0.25) is 0 Å². The van der Waals surface area contributed by atoms with Crippen LogP contribution in [0.5, 0.6) is 0 Å². The molecule has 0 unspecified atom stereocenters. The van der Waals surface area contributed by atoms with Crippen LogP contribution in [-0.4, -0.2) is 43.3 Å². The first-order chi connectivity index (χ1) is 11.1. The largest absolute Gasteiger partial charge is 0.377 e. The van der Waals surface area contributed by atoms with Gasteiger partial charge < -0.3 is 9.80 Å². The molecular weight excluding hydrogens is 308 g/mol. The summed E-state index contributed by atoms with van der Waals surface area (Å²) in [7, 11) is 4.02. The summed E-state index contributed by atoms with van der Waals surface area (Å²) in [6, 6.07) is 1.99. The Hall–Kier alpha value is -1.95. The molecule has 0 aliphatic rings. The third-order valence-corrected chi connectivity index (χ3v) is 4.69. The number of carbonyl (C=O) groups excluding carboxylic acids is 1. The molecule has 2 heterocycles. The fourth-order valence-electron chi connectivity index (χ4n) is 2.44. The fourth-order valence-corrected chi connectivity index (χ4v) is 3.40. The highest BCUT2D eigenvalue weighted by atomic mass is 32.1. The zero-order valence-electron chi connectivity index (χ0n) is 14.2. The zero-order valence-corrected chi connectivity index (χ0v) is 15.1. The van der Waals surface area contributed by atoms with Gasteiger partial charge in [-0.3, -0.25) is 4.79 Å². The molecule has 23 heavy (non-hydrogen) atoms. The summed E-state index contributed by atoms with van der Waals surface area (Å²) >= 11 is 1.63. The van der Waals surface area contributed by atoms with Crippen molar-refractivity contribution >= 4 is 45.7 Å². The summed E-state index contributed by atoms with van der Waals surface area (Å²) in [5.41, 5.74) is 2.00. The second kappa shape index (κ2) is 8.06. The van der Waals surface area contributed by atoms with Crippen molar-refractivity contribution in [3.05, 3.63) is 17.1 Å². The standard InChI is InChI=1S/C17H24N4OS/c1-5-6-7-10-21(12-22)11-19-16-13(2)23-17-15(16)14(20(3)4)8-9-18-17/h8-9,11-12H,5-7,10H2,1-4H3. The molecule has 0 spiro atoms. The number of thiophene rings is 1. The van der Waals surface area contributed by atoms with Crippen LogP contribution in [0.15, 0.2) is 17.3 Å². The lowest BCUT2D eigenvalue weighted by Gasteiger charge is -2.14. The van der Waals surface area contributed by atoms with Gasteiger partial charge in [-0.15, -0.1) is 11.3 Å². The predicted molar refractivity (Wildman–Crippen MR) is 99.1 cm³/mol. The summed E-state index contributed by atoms with van der Waals surface area (Å²) in [6.07, 6.45) is 7.56. The number of nitrogens with zero attached hydrogens (tertiary/aromatic N) is 4. The van der Waals surface area contributed by atoms with Crippen molar-refractivity contribution in [2.24, 2.45) is 4.99 Å². The van der Waals surface area contributed by atoms with E-state index in [1.165, 1.54) is 0 Å². The van der Waals surface area contributed by atoms with Gasteiger partial charge in [0.1, 0.15) is 4.83 Å². The van der Waals surface area contributed by atoms with Crippen molar-refractivity contribution in [2.45, 2.75) is 33.1 Å². The quantitative estimate of drug-likeness (QED) is 0.318. The Balaban J connectivity index is 2.33. The first kappa shape index (κ1) is 17.4. The molecule has 2 aromatic rings. The summed E-state index contributed by atoms with van der Waals surface area (Å²) in [6.45, 7) is 4.90. The van der Waals surface area contributed by atoms with Crippen molar-refractivity contribution in [2.75, 3.05) is 25.5 Å². The molecule has 0 bridgehead atoms. The third-order valence-electron chi connectivity index (χ3n) is 3.69. The van der Waals surface area contributed by atoms with Gasteiger partial charge in [-0.1, -0.05) is 19.8 Å². The molecule has 0 aromatic carbocycles. The maximum Gasteiger partial charge on any atom is 0.214 e. The first-order valence-corrected chi connectivity index (χ1v) is 8.70. The topological polar surface area (TPSA) is 48.8 Å². The van der Waals surface area contributed by atoms with Crippen molar-refractivity contribution in [3.8, 4) is 0 Å². The van der Waals surface area contributed by atoms with Crippen LogP contribution in [0.3, 0.4) is 0 Å². The van der Waals surface area contributed by atoms with Gasteiger partial charge in [0.25, 0.3) is 0 Å². The number of hydrogen-bond donors (Lipinski definition) is 0. The van der Waals surface area contributed by atoms with Gasteiger partial charge in [0.05, 0.1) is 23.1 Å². The molecule has 1 amide bonds. The van der Waals surface area contributed by atoms with Crippen molar-refractivity contribution in [1.29, 1.82) is 0 Å². The number of pyridine rings is 1. The third kappa shape index (κ3) is 4.07. The molecule has 0 fully saturated rings. The lowest BCUT2D eigenvalue weighted by atomic mass is 10.2. The Kier molecular flexibility index (Phi) is 6.10. The monoisotopic (exact) mass is 332 g/mol. The summed E-state index contributed by atoms with van der Waals surface area (Å²) in [5, 5.41) is 1.05. The number of carbonyl (C=O) groups is 1. The van der Waals surface area contributed by atoms with E-state index in [4.69, 9.17) is 0 Å². The normalized spacial score (nSPS) is 11.3. The Morgan fingerprint density at radius 1 is 1.35 bits per heavy atom. The van der Waals surface area contributed by atoms with E-state index in [0.29, 0.717) is 6.54 Å². The van der Waals surface area contributed by atoms with Gasteiger partial charge in [-0.2, -0.15) is 0 Å². The molecular formula is C17H24N4OS. The van der Waals surface area contributed by atoms with Crippen LogP contribution in [0.25, 0.3) is 10.2 Å². The van der Waals surface area contributed by atoms with E-state index in [-0.39, 0.29) is 0 Å². The number of aliphatic imine (C=N–C) groups is 1. The minimum atomic E-state index is 0.709. The molecule has 2 rings (SSSR count). The van der Waals surface area contributed by atoms with Gasteiger partial charge in [-0.05, 0) is 19.4 Å². The molecule has 6 heteroatoms. The second-order valence-electron chi connectivity index (χ2n) is 5.71. The van der Waals surface area contributed by atoms with Crippen molar-refractivity contribution in [3.63, 3.8) is 0 Å². The van der Waals surface area contributed by atoms with E-state index in [0.717, 1.165) is 52.1 Å². The number of aryl methyl sites for hydroxylation is 1. The van der Waals surface area contributed by atoms with E-state index in [2.05, 4.69) is 21.8 Å². The van der Waals surface area contributed by atoms with E-state index in [1.807, 2.05) is 33.3 Å². The molecule has 0 aliphatic heterocycles. The second-order valence-corrected chi connectivity index (χ2v) is 6.91. The fraction of sp³-hybridized carbons (Fsp3) is 0.471. The van der Waals surface area contributed by atoms with Crippen LogP contribution in [0, 0.1) is 6.92 Å². The maximum atomic E-state index is 11.2. The van der Waals surface area contributed by atoms with Crippen LogP contribution in [0.1, 0.15) is 31.1 Å². The molecule has 124 valence electrons. The number of hydrogen-bond acceptors (Lipinski definition) is 5. The highest BCUT2D eigenvalue weighted by molar-refractivity contribution is 7.19. The Bertz CT molecular complexity index is 693. The smallest absolute Gasteiger partial charge is 0.214 e.